The van der Waals surface area contributed by atoms with Crippen molar-refractivity contribution in [2.24, 2.45) is 5.84 Å². The van der Waals surface area contributed by atoms with E-state index < -0.39 is 0 Å². The van der Waals surface area contributed by atoms with Gasteiger partial charge in [-0.05, 0) is 30.2 Å². The van der Waals surface area contributed by atoms with E-state index in [9.17, 15) is 4.79 Å². The van der Waals surface area contributed by atoms with E-state index >= 15 is 0 Å². The van der Waals surface area contributed by atoms with Crippen molar-refractivity contribution in [2.75, 3.05) is 10.7 Å². The zero-order valence-electron chi connectivity index (χ0n) is 11.4. The Morgan fingerprint density at radius 2 is 2.00 bits per heavy atom. The lowest BCUT2D eigenvalue weighted by Gasteiger charge is -2.09. The molecular formula is C15H18N4O. The SMILES string of the molecule is CCCc1ccc(NC(=O)c2ccncc2NN)cc1. The molecule has 0 aliphatic heterocycles. The summed E-state index contributed by atoms with van der Waals surface area (Å²) in [6.45, 7) is 2.14. The molecule has 1 amide bonds. The van der Waals surface area contributed by atoms with Crippen LogP contribution >= 0.6 is 0 Å². The number of hydrazine groups is 1. The second kappa shape index (κ2) is 6.68. The summed E-state index contributed by atoms with van der Waals surface area (Å²) in [5.41, 5.74) is 5.44. The molecule has 0 bridgehead atoms. The quantitative estimate of drug-likeness (QED) is 0.576. The van der Waals surface area contributed by atoms with Crippen LogP contribution < -0.4 is 16.6 Å². The lowest BCUT2D eigenvalue weighted by atomic mass is 10.1. The number of carbonyl (C=O) groups is 1. The Balaban J connectivity index is 2.11. The van der Waals surface area contributed by atoms with Gasteiger partial charge in [0.05, 0.1) is 17.4 Å². The molecular weight excluding hydrogens is 252 g/mol. The first-order valence-corrected chi connectivity index (χ1v) is 6.55. The fraction of sp³-hybridized carbons (Fsp3) is 0.200. The van der Waals surface area contributed by atoms with Crippen LogP contribution in [0.5, 0.6) is 0 Å². The van der Waals surface area contributed by atoms with Crippen LogP contribution in [0.15, 0.2) is 42.7 Å². The van der Waals surface area contributed by atoms with Crippen molar-refractivity contribution in [3.63, 3.8) is 0 Å². The first-order valence-electron chi connectivity index (χ1n) is 6.55. The van der Waals surface area contributed by atoms with Gasteiger partial charge in [0.25, 0.3) is 5.91 Å². The molecule has 0 atom stereocenters. The largest absolute Gasteiger partial charge is 0.322 e. The summed E-state index contributed by atoms with van der Waals surface area (Å²) < 4.78 is 0. The molecule has 1 heterocycles. The highest BCUT2D eigenvalue weighted by atomic mass is 16.1. The molecule has 20 heavy (non-hydrogen) atoms. The molecule has 0 aliphatic rings. The Kier molecular flexibility index (Phi) is 4.68. The number of pyridine rings is 1. The summed E-state index contributed by atoms with van der Waals surface area (Å²) in [6, 6.07) is 9.47. The minimum absolute atomic E-state index is 0.219. The summed E-state index contributed by atoms with van der Waals surface area (Å²) in [7, 11) is 0. The molecule has 5 heteroatoms. The van der Waals surface area contributed by atoms with Crippen molar-refractivity contribution >= 4 is 17.3 Å². The fourth-order valence-corrected chi connectivity index (χ4v) is 1.95. The molecule has 104 valence electrons. The van der Waals surface area contributed by atoms with E-state index in [1.54, 1.807) is 12.3 Å². The number of hydrogen-bond acceptors (Lipinski definition) is 4. The van der Waals surface area contributed by atoms with Crippen molar-refractivity contribution < 1.29 is 4.79 Å². The van der Waals surface area contributed by atoms with E-state index in [1.165, 1.54) is 11.8 Å². The number of nitrogens with one attached hydrogen (secondary N) is 2. The highest BCUT2D eigenvalue weighted by molar-refractivity contribution is 6.07. The molecule has 0 spiro atoms. The van der Waals surface area contributed by atoms with Gasteiger partial charge >= 0.3 is 0 Å². The number of carbonyl (C=O) groups excluding carboxylic acids is 1. The van der Waals surface area contributed by atoms with E-state index in [2.05, 4.69) is 22.7 Å². The highest BCUT2D eigenvalue weighted by Gasteiger charge is 2.10. The maximum atomic E-state index is 12.2. The topological polar surface area (TPSA) is 80.0 Å². The minimum Gasteiger partial charge on any atom is -0.322 e. The Morgan fingerprint density at radius 1 is 1.25 bits per heavy atom. The zero-order chi connectivity index (χ0) is 14.4. The Bertz CT molecular complexity index is 581. The van der Waals surface area contributed by atoms with Gasteiger partial charge in [-0.25, -0.2) is 0 Å². The number of hydrogen-bond donors (Lipinski definition) is 3. The third-order valence-electron chi connectivity index (χ3n) is 2.97. The normalized spacial score (nSPS) is 10.1. The average molecular weight is 270 g/mol. The third-order valence-corrected chi connectivity index (χ3v) is 2.97. The molecule has 0 saturated carbocycles. The molecule has 0 unspecified atom stereocenters. The zero-order valence-corrected chi connectivity index (χ0v) is 11.4. The first-order chi connectivity index (χ1) is 9.74. The Labute approximate surface area is 118 Å². The third kappa shape index (κ3) is 3.33. The number of nitrogen functional groups attached to an aromatic ring is 1. The predicted octanol–water partition coefficient (Wildman–Crippen LogP) is 2.57. The van der Waals surface area contributed by atoms with Crippen LogP contribution in [0.4, 0.5) is 11.4 Å². The molecule has 0 radical (unpaired) electrons. The summed E-state index contributed by atoms with van der Waals surface area (Å²) in [5, 5.41) is 2.84. The number of aromatic nitrogens is 1. The van der Waals surface area contributed by atoms with E-state index in [4.69, 9.17) is 5.84 Å². The van der Waals surface area contributed by atoms with Crippen LogP contribution in [-0.2, 0) is 6.42 Å². The van der Waals surface area contributed by atoms with E-state index in [1.807, 2.05) is 24.3 Å². The summed E-state index contributed by atoms with van der Waals surface area (Å²) >= 11 is 0. The number of rotatable bonds is 5. The van der Waals surface area contributed by atoms with E-state index in [-0.39, 0.29) is 5.91 Å². The Hall–Kier alpha value is -2.40. The monoisotopic (exact) mass is 270 g/mol. The van der Waals surface area contributed by atoms with Gasteiger partial charge in [-0.1, -0.05) is 25.5 Å². The Morgan fingerprint density at radius 3 is 2.65 bits per heavy atom. The van der Waals surface area contributed by atoms with Crippen LogP contribution in [0.25, 0.3) is 0 Å². The van der Waals surface area contributed by atoms with Gasteiger partial charge < -0.3 is 10.7 Å². The van der Waals surface area contributed by atoms with E-state index in [0.717, 1.165) is 18.5 Å². The van der Waals surface area contributed by atoms with Gasteiger partial charge in [-0.3, -0.25) is 15.6 Å². The van der Waals surface area contributed by atoms with Gasteiger partial charge in [-0.15, -0.1) is 0 Å². The molecule has 0 saturated heterocycles. The highest BCUT2D eigenvalue weighted by Crippen LogP contribution is 2.16. The fourth-order valence-electron chi connectivity index (χ4n) is 1.95. The number of nitrogens with two attached hydrogens (primary N) is 1. The first kappa shape index (κ1) is 14.0. The molecule has 1 aromatic carbocycles. The van der Waals surface area contributed by atoms with Crippen LogP contribution in [0.3, 0.4) is 0 Å². The maximum Gasteiger partial charge on any atom is 0.257 e. The summed E-state index contributed by atoms with van der Waals surface area (Å²) in [4.78, 5) is 16.1. The lowest BCUT2D eigenvalue weighted by Crippen LogP contribution is -2.17. The van der Waals surface area contributed by atoms with Gasteiger partial charge in [0.1, 0.15) is 0 Å². The number of aryl methyl sites for hydroxylation is 1. The van der Waals surface area contributed by atoms with Crippen LogP contribution in [0, 0.1) is 0 Å². The molecule has 4 N–H and O–H groups in total. The molecule has 0 fully saturated rings. The van der Waals surface area contributed by atoms with Crippen molar-refractivity contribution in [1.29, 1.82) is 0 Å². The molecule has 2 rings (SSSR count). The van der Waals surface area contributed by atoms with Crippen LogP contribution in [0.1, 0.15) is 29.3 Å². The van der Waals surface area contributed by atoms with Gasteiger partial charge in [0, 0.05) is 11.9 Å². The minimum atomic E-state index is -0.219. The van der Waals surface area contributed by atoms with Gasteiger partial charge in [-0.2, -0.15) is 0 Å². The maximum absolute atomic E-state index is 12.2. The summed E-state index contributed by atoms with van der Waals surface area (Å²) in [5.74, 6) is 5.15. The predicted molar refractivity (Wildman–Crippen MR) is 80.4 cm³/mol. The number of anilines is 2. The molecule has 5 nitrogen and oxygen atoms in total. The molecule has 2 aromatic rings. The summed E-state index contributed by atoms with van der Waals surface area (Å²) in [6.07, 6.45) is 5.22. The van der Waals surface area contributed by atoms with Crippen molar-refractivity contribution in [2.45, 2.75) is 19.8 Å². The second-order valence-electron chi connectivity index (χ2n) is 4.47. The van der Waals surface area contributed by atoms with Crippen LogP contribution in [-0.4, -0.2) is 10.9 Å². The van der Waals surface area contributed by atoms with Gasteiger partial charge in [0.15, 0.2) is 0 Å². The second-order valence-corrected chi connectivity index (χ2v) is 4.47. The molecule has 0 aliphatic carbocycles. The van der Waals surface area contributed by atoms with Crippen molar-refractivity contribution in [1.82, 2.24) is 4.98 Å². The smallest absolute Gasteiger partial charge is 0.257 e. The average Bonchev–Trinajstić information content (AvgIpc) is 2.49. The lowest BCUT2D eigenvalue weighted by molar-refractivity contribution is 0.102. The number of amides is 1. The van der Waals surface area contributed by atoms with Crippen molar-refractivity contribution in [3.8, 4) is 0 Å². The molecule has 1 aromatic heterocycles. The number of nitrogens with zero attached hydrogens (tertiary/aromatic N) is 1. The van der Waals surface area contributed by atoms with E-state index in [0.29, 0.717) is 11.3 Å². The van der Waals surface area contributed by atoms with Crippen molar-refractivity contribution in [3.05, 3.63) is 53.9 Å². The number of benzene rings is 1. The van der Waals surface area contributed by atoms with Gasteiger partial charge in [0.2, 0.25) is 0 Å². The van der Waals surface area contributed by atoms with Crippen LogP contribution in [0.2, 0.25) is 0 Å². The standard InChI is InChI=1S/C15H18N4O/c1-2-3-11-4-6-12(7-5-11)18-15(20)13-8-9-17-10-14(13)19-16/h4-10,19H,2-3,16H2,1H3,(H,18,20).